The van der Waals surface area contributed by atoms with Crippen molar-refractivity contribution >= 4 is 0 Å². The monoisotopic (exact) mass is 260 g/mol. The summed E-state index contributed by atoms with van der Waals surface area (Å²) in [5.74, 6) is 0. The number of hydrogen-bond acceptors (Lipinski definition) is 1. The fraction of sp³-hybridized carbons (Fsp3) is 0.571. The summed E-state index contributed by atoms with van der Waals surface area (Å²) in [5, 5.41) is 10.0. The van der Waals surface area contributed by atoms with Gasteiger partial charge in [-0.15, -0.1) is 0 Å². The summed E-state index contributed by atoms with van der Waals surface area (Å²) < 4.78 is 39.3. The molecule has 1 rings (SSSR count). The van der Waals surface area contributed by atoms with E-state index in [-0.39, 0.29) is 12.0 Å². The average Bonchev–Trinajstić information content (AvgIpc) is 2.35. The van der Waals surface area contributed by atoms with Crippen molar-refractivity contribution in [2.45, 2.75) is 51.8 Å². The van der Waals surface area contributed by atoms with E-state index in [0.29, 0.717) is 18.4 Å². The van der Waals surface area contributed by atoms with E-state index in [1.807, 2.05) is 13.0 Å². The molecule has 0 radical (unpaired) electrons. The Morgan fingerprint density at radius 2 is 1.67 bits per heavy atom. The second kappa shape index (κ2) is 5.31. The van der Waals surface area contributed by atoms with Crippen molar-refractivity contribution in [3.05, 3.63) is 34.9 Å². The van der Waals surface area contributed by atoms with Gasteiger partial charge in [-0.2, -0.15) is 13.2 Å². The molecule has 0 saturated heterocycles. The first kappa shape index (κ1) is 15.0. The highest BCUT2D eigenvalue weighted by Crippen LogP contribution is 2.43. The molecule has 0 spiro atoms. The average molecular weight is 260 g/mol. The number of alkyl halides is 3. The summed E-state index contributed by atoms with van der Waals surface area (Å²) in [6.45, 7) is 5.02. The maximum Gasteiger partial charge on any atom is 0.421 e. The first-order valence-electron chi connectivity index (χ1n) is 6.21. The summed E-state index contributed by atoms with van der Waals surface area (Å²) in [6.07, 6.45) is -3.92. The zero-order valence-corrected chi connectivity index (χ0v) is 10.9. The third-order valence-electron chi connectivity index (χ3n) is 3.39. The third-order valence-corrected chi connectivity index (χ3v) is 3.39. The Kier molecular flexibility index (Phi) is 4.43. The number of rotatable bonds is 4. The Morgan fingerprint density at radius 1 is 1.06 bits per heavy atom. The van der Waals surface area contributed by atoms with E-state index in [4.69, 9.17) is 0 Å². The van der Waals surface area contributed by atoms with Crippen LogP contribution in [0.4, 0.5) is 13.2 Å². The molecule has 0 saturated carbocycles. The van der Waals surface area contributed by atoms with Gasteiger partial charge in [-0.1, -0.05) is 39.0 Å². The number of aliphatic hydroxyl groups is 1. The molecule has 102 valence electrons. The summed E-state index contributed by atoms with van der Waals surface area (Å²) in [4.78, 5) is 0. The van der Waals surface area contributed by atoms with Crippen LogP contribution < -0.4 is 0 Å². The highest BCUT2D eigenvalue weighted by Gasteiger charge is 2.54. The zero-order valence-electron chi connectivity index (χ0n) is 10.9. The molecule has 0 aliphatic carbocycles. The van der Waals surface area contributed by atoms with Gasteiger partial charge in [-0.25, -0.2) is 0 Å². The van der Waals surface area contributed by atoms with Crippen LogP contribution in [0.3, 0.4) is 0 Å². The van der Waals surface area contributed by atoms with Crippen LogP contribution in [0.5, 0.6) is 0 Å². The molecule has 0 heterocycles. The molecule has 1 aromatic carbocycles. The fourth-order valence-corrected chi connectivity index (χ4v) is 2.08. The minimum absolute atomic E-state index is 0.000602. The quantitative estimate of drug-likeness (QED) is 0.868. The molecule has 18 heavy (non-hydrogen) atoms. The molecule has 0 aliphatic rings. The van der Waals surface area contributed by atoms with Crippen molar-refractivity contribution in [3.63, 3.8) is 0 Å². The minimum Gasteiger partial charge on any atom is -0.376 e. The molecule has 1 atom stereocenters. The van der Waals surface area contributed by atoms with Crippen molar-refractivity contribution in [1.82, 2.24) is 0 Å². The highest BCUT2D eigenvalue weighted by atomic mass is 19.4. The van der Waals surface area contributed by atoms with Gasteiger partial charge in [-0.3, -0.25) is 0 Å². The van der Waals surface area contributed by atoms with Crippen molar-refractivity contribution in [2.75, 3.05) is 0 Å². The molecule has 0 aliphatic heterocycles. The zero-order chi connectivity index (χ0) is 14.0. The second-order valence-electron chi connectivity index (χ2n) is 4.41. The van der Waals surface area contributed by atoms with Crippen LogP contribution in [-0.4, -0.2) is 11.3 Å². The maximum absolute atomic E-state index is 13.1. The van der Waals surface area contributed by atoms with E-state index in [0.717, 1.165) is 5.56 Å². The molecule has 1 nitrogen and oxygen atoms in total. The van der Waals surface area contributed by atoms with Crippen molar-refractivity contribution in [2.24, 2.45) is 0 Å². The Bertz CT molecular complexity index is 412. The standard InChI is InChI=1S/C14H19F3O/c1-4-10-7-8-11(5-2)12(9-10)13(18,6-3)14(15,16)17/h7-9,18H,4-6H2,1-3H3. The van der Waals surface area contributed by atoms with Crippen molar-refractivity contribution in [1.29, 1.82) is 0 Å². The number of halogens is 3. The van der Waals surface area contributed by atoms with Gasteiger partial charge in [0.2, 0.25) is 0 Å². The minimum atomic E-state index is -4.65. The van der Waals surface area contributed by atoms with Gasteiger partial charge >= 0.3 is 6.18 Å². The van der Waals surface area contributed by atoms with Crippen molar-refractivity contribution < 1.29 is 18.3 Å². The smallest absolute Gasteiger partial charge is 0.376 e. The van der Waals surface area contributed by atoms with Crippen LogP contribution in [0.1, 0.15) is 43.9 Å². The molecule has 1 unspecified atom stereocenters. The van der Waals surface area contributed by atoms with Gasteiger partial charge < -0.3 is 5.11 Å². The number of aryl methyl sites for hydroxylation is 2. The van der Waals surface area contributed by atoms with E-state index in [9.17, 15) is 18.3 Å². The van der Waals surface area contributed by atoms with Crippen LogP contribution in [-0.2, 0) is 18.4 Å². The van der Waals surface area contributed by atoms with E-state index in [2.05, 4.69) is 0 Å². The predicted octanol–water partition coefficient (Wildman–Crippen LogP) is 3.97. The Labute approximate surface area is 106 Å². The first-order valence-corrected chi connectivity index (χ1v) is 6.21. The lowest BCUT2D eigenvalue weighted by atomic mass is 9.84. The summed E-state index contributed by atoms with van der Waals surface area (Å²) in [7, 11) is 0. The number of benzene rings is 1. The molecular formula is C14H19F3O. The van der Waals surface area contributed by atoms with Crippen LogP contribution in [0.15, 0.2) is 18.2 Å². The van der Waals surface area contributed by atoms with Gasteiger partial charge in [-0.05, 0) is 36.0 Å². The van der Waals surface area contributed by atoms with E-state index in [1.165, 1.54) is 13.0 Å². The van der Waals surface area contributed by atoms with Crippen molar-refractivity contribution in [3.8, 4) is 0 Å². The topological polar surface area (TPSA) is 20.2 Å². The summed E-state index contributed by atoms with van der Waals surface area (Å²) in [5.41, 5.74) is -1.39. The van der Waals surface area contributed by atoms with E-state index in [1.54, 1.807) is 13.0 Å². The van der Waals surface area contributed by atoms with E-state index >= 15 is 0 Å². The molecule has 1 N–H and O–H groups in total. The number of hydrogen-bond donors (Lipinski definition) is 1. The SMILES string of the molecule is CCc1ccc(CC)c(C(O)(CC)C(F)(F)F)c1. The molecule has 1 aromatic rings. The van der Waals surface area contributed by atoms with Gasteiger partial charge in [0.1, 0.15) is 0 Å². The van der Waals surface area contributed by atoms with Gasteiger partial charge in [0.25, 0.3) is 0 Å². The normalized spacial score (nSPS) is 15.5. The lowest BCUT2D eigenvalue weighted by Crippen LogP contribution is -2.42. The molecular weight excluding hydrogens is 241 g/mol. The molecule has 0 aromatic heterocycles. The van der Waals surface area contributed by atoms with Crippen LogP contribution in [0.25, 0.3) is 0 Å². The van der Waals surface area contributed by atoms with Gasteiger partial charge in [0.05, 0.1) is 0 Å². The molecule has 0 fully saturated rings. The molecule has 0 bridgehead atoms. The summed E-state index contributed by atoms with van der Waals surface area (Å²) >= 11 is 0. The van der Waals surface area contributed by atoms with Gasteiger partial charge in [0, 0.05) is 0 Å². The molecule has 4 heteroatoms. The largest absolute Gasteiger partial charge is 0.421 e. The van der Waals surface area contributed by atoms with E-state index < -0.39 is 11.8 Å². The first-order chi connectivity index (χ1) is 8.30. The summed E-state index contributed by atoms with van der Waals surface area (Å²) in [6, 6.07) is 4.98. The fourth-order valence-electron chi connectivity index (χ4n) is 2.08. The Balaban J connectivity index is 3.44. The highest BCUT2D eigenvalue weighted by molar-refractivity contribution is 5.37. The second-order valence-corrected chi connectivity index (χ2v) is 4.41. The lowest BCUT2D eigenvalue weighted by molar-refractivity contribution is -0.268. The predicted molar refractivity (Wildman–Crippen MR) is 65.4 cm³/mol. The van der Waals surface area contributed by atoms with Gasteiger partial charge in [0.15, 0.2) is 5.60 Å². The Hall–Kier alpha value is -1.03. The lowest BCUT2D eigenvalue weighted by Gasteiger charge is -2.32. The van der Waals surface area contributed by atoms with Crippen LogP contribution >= 0.6 is 0 Å². The van der Waals surface area contributed by atoms with Crippen LogP contribution in [0.2, 0.25) is 0 Å². The maximum atomic E-state index is 13.1. The third kappa shape index (κ3) is 2.53. The Morgan fingerprint density at radius 3 is 2.06 bits per heavy atom. The van der Waals surface area contributed by atoms with Crippen LogP contribution in [0, 0.1) is 0 Å². The molecule has 0 amide bonds.